The fourth-order valence-electron chi connectivity index (χ4n) is 1.99. The van der Waals surface area contributed by atoms with Crippen LogP contribution < -0.4 is 15.4 Å². The van der Waals surface area contributed by atoms with Gasteiger partial charge in [0.15, 0.2) is 0 Å². The Morgan fingerprint density at radius 1 is 1.23 bits per heavy atom. The summed E-state index contributed by atoms with van der Waals surface area (Å²) in [5, 5.41) is 5.45. The summed E-state index contributed by atoms with van der Waals surface area (Å²) in [4.78, 5) is 11.9. The summed E-state index contributed by atoms with van der Waals surface area (Å²) in [5.41, 5.74) is -0.190. The Morgan fingerprint density at radius 2 is 2.00 bits per heavy atom. The highest BCUT2D eigenvalue weighted by Crippen LogP contribution is 2.29. The summed E-state index contributed by atoms with van der Waals surface area (Å²) in [5.74, 6) is 5.59. The van der Waals surface area contributed by atoms with Crippen LogP contribution in [-0.2, 0) is 6.18 Å². The average molecular weight is 383 g/mol. The first-order valence-corrected chi connectivity index (χ1v) is 7.72. The summed E-state index contributed by atoms with van der Waals surface area (Å²) >= 11 is 5.87. The van der Waals surface area contributed by atoms with Crippen LogP contribution in [0.5, 0.6) is 5.75 Å². The maximum Gasteiger partial charge on any atom is 0.416 e. The summed E-state index contributed by atoms with van der Waals surface area (Å²) in [6, 6.07) is 8.84. The smallest absolute Gasteiger partial charge is 0.416 e. The van der Waals surface area contributed by atoms with Crippen LogP contribution in [0.25, 0.3) is 0 Å². The number of rotatable bonds is 3. The highest BCUT2D eigenvalue weighted by Gasteiger charge is 2.30. The van der Waals surface area contributed by atoms with Crippen LogP contribution in [0.2, 0.25) is 5.02 Å². The number of urea groups is 1. The zero-order valence-electron chi connectivity index (χ0n) is 13.6. The van der Waals surface area contributed by atoms with Gasteiger partial charge in [0.2, 0.25) is 0 Å². The molecule has 0 unspecified atom stereocenters. The van der Waals surface area contributed by atoms with Gasteiger partial charge in [0.1, 0.15) is 5.75 Å². The Morgan fingerprint density at radius 3 is 2.69 bits per heavy atom. The maximum absolute atomic E-state index is 12.6. The van der Waals surface area contributed by atoms with Crippen LogP contribution in [0.3, 0.4) is 0 Å². The lowest BCUT2D eigenvalue weighted by Crippen LogP contribution is -2.29. The normalized spacial score (nSPS) is 10.5. The molecule has 0 aliphatic rings. The number of methoxy groups -OCH3 is 1. The second-order valence-corrected chi connectivity index (χ2v) is 5.47. The molecule has 0 fully saturated rings. The van der Waals surface area contributed by atoms with Crippen molar-refractivity contribution in [1.29, 1.82) is 0 Å². The fourth-order valence-corrected chi connectivity index (χ4v) is 2.16. The number of alkyl halides is 3. The number of ether oxygens (including phenoxy) is 1. The Labute approximate surface area is 153 Å². The van der Waals surface area contributed by atoms with Gasteiger partial charge in [-0.25, -0.2) is 4.79 Å². The van der Waals surface area contributed by atoms with Gasteiger partial charge in [-0.15, -0.1) is 0 Å². The molecule has 0 heterocycles. The van der Waals surface area contributed by atoms with Crippen LogP contribution in [0, 0.1) is 11.8 Å². The van der Waals surface area contributed by atoms with Gasteiger partial charge >= 0.3 is 12.2 Å². The van der Waals surface area contributed by atoms with E-state index in [0.717, 1.165) is 12.1 Å². The number of amides is 2. The van der Waals surface area contributed by atoms with Crippen molar-refractivity contribution in [2.45, 2.75) is 6.18 Å². The molecule has 2 amide bonds. The van der Waals surface area contributed by atoms with Crippen molar-refractivity contribution >= 4 is 23.3 Å². The van der Waals surface area contributed by atoms with Crippen LogP contribution in [0.1, 0.15) is 11.1 Å². The van der Waals surface area contributed by atoms with E-state index in [4.69, 9.17) is 16.3 Å². The summed E-state index contributed by atoms with van der Waals surface area (Å²) in [7, 11) is 1.45. The fraction of sp³-hybridized carbons (Fsp3) is 0.167. The lowest BCUT2D eigenvalue weighted by atomic mass is 10.1. The first-order valence-electron chi connectivity index (χ1n) is 7.34. The van der Waals surface area contributed by atoms with E-state index in [2.05, 4.69) is 22.5 Å². The van der Waals surface area contributed by atoms with E-state index < -0.39 is 17.8 Å². The minimum Gasteiger partial charge on any atom is -0.495 e. The van der Waals surface area contributed by atoms with Crippen LogP contribution in [0.4, 0.5) is 23.7 Å². The number of hydrogen-bond donors (Lipinski definition) is 2. The van der Waals surface area contributed by atoms with E-state index >= 15 is 0 Å². The third-order valence-electron chi connectivity index (χ3n) is 3.17. The Bertz CT molecular complexity index is 857. The van der Waals surface area contributed by atoms with Gasteiger partial charge in [-0.2, -0.15) is 13.2 Å². The molecule has 136 valence electrons. The molecule has 0 aliphatic heterocycles. The molecule has 0 atom stereocenters. The van der Waals surface area contributed by atoms with Gasteiger partial charge < -0.3 is 15.4 Å². The number of nitrogens with one attached hydrogen (secondary N) is 2. The first-order chi connectivity index (χ1) is 12.3. The Hall–Kier alpha value is -2.85. The second kappa shape index (κ2) is 8.50. The summed E-state index contributed by atoms with van der Waals surface area (Å²) in [6.45, 7) is -0.0506. The summed E-state index contributed by atoms with van der Waals surface area (Å²) < 4.78 is 43.0. The third-order valence-corrected chi connectivity index (χ3v) is 3.40. The number of halogens is 4. The minimum absolute atomic E-state index is 0.0506. The van der Waals surface area contributed by atoms with Gasteiger partial charge in [-0.3, -0.25) is 0 Å². The third kappa shape index (κ3) is 5.60. The lowest BCUT2D eigenvalue weighted by Gasteiger charge is -2.10. The highest BCUT2D eigenvalue weighted by atomic mass is 35.5. The molecule has 4 nitrogen and oxygen atoms in total. The maximum atomic E-state index is 12.6. The van der Waals surface area contributed by atoms with E-state index in [1.54, 1.807) is 12.1 Å². The molecular formula is C18H14ClF3N2O2. The SMILES string of the molecule is COc1ccc(Cl)cc1NC(=O)NCC#Cc1cccc(C(F)(F)F)c1. The van der Waals surface area contributed by atoms with Gasteiger partial charge in [0.05, 0.1) is 24.9 Å². The molecule has 0 aliphatic carbocycles. The predicted molar refractivity (Wildman–Crippen MR) is 93.3 cm³/mol. The van der Waals surface area contributed by atoms with Gasteiger partial charge in [0.25, 0.3) is 0 Å². The van der Waals surface area contributed by atoms with Gasteiger partial charge in [-0.05, 0) is 36.4 Å². The minimum atomic E-state index is -4.42. The number of benzene rings is 2. The summed E-state index contributed by atoms with van der Waals surface area (Å²) in [6.07, 6.45) is -4.42. The molecule has 0 bridgehead atoms. The van der Waals surface area contributed by atoms with E-state index in [-0.39, 0.29) is 12.1 Å². The predicted octanol–water partition coefficient (Wildman–Crippen LogP) is 4.54. The van der Waals surface area contributed by atoms with Crippen LogP contribution in [0.15, 0.2) is 42.5 Å². The van der Waals surface area contributed by atoms with Crippen molar-refractivity contribution in [1.82, 2.24) is 5.32 Å². The van der Waals surface area contributed by atoms with Crippen molar-refractivity contribution in [2.75, 3.05) is 19.0 Å². The molecule has 0 spiro atoms. The number of hydrogen-bond acceptors (Lipinski definition) is 2. The van der Waals surface area contributed by atoms with Crippen molar-refractivity contribution < 1.29 is 22.7 Å². The van der Waals surface area contributed by atoms with Crippen molar-refractivity contribution in [3.8, 4) is 17.6 Å². The number of carbonyl (C=O) groups is 1. The topological polar surface area (TPSA) is 50.4 Å². The molecular weight excluding hydrogens is 369 g/mol. The number of anilines is 1. The monoisotopic (exact) mass is 382 g/mol. The molecule has 0 saturated heterocycles. The van der Waals surface area contributed by atoms with Crippen molar-refractivity contribution in [3.05, 3.63) is 58.6 Å². The Kier molecular flexibility index (Phi) is 6.36. The average Bonchev–Trinajstić information content (AvgIpc) is 2.58. The molecule has 8 heteroatoms. The largest absolute Gasteiger partial charge is 0.495 e. The zero-order chi connectivity index (χ0) is 19.2. The molecule has 0 aromatic heterocycles. The van der Waals surface area contributed by atoms with Crippen molar-refractivity contribution in [3.63, 3.8) is 0 Å². The highest BCUT2D eigenvalue weighted by molar-refractivity contribution is 6.31. The first kappa shape index (κ1) is 19.5. The standard InChI is InChI=1S/C18H14ClF3N2O2/c1-26-16-8-7-14(19)11-15(16)24-17(25)23-9-3-5-12-4-2-6-13(10-12)18(20,21)22/h2,4,6-8,10-11H,9H2,1H3,(H2,23,24,25). The number of carbonyl (C=O) groups excluding carboxylic acids is 1. The molecule has 2 aromatic carbocycles. The molecule has 0 saturated carbocycles. The van der Waals surface area contributed by atoms with E-state index in [0.29, 0.717) is 16.5 Å². The molecule has 2 rings (SSSR count). The van der Waals surface area contributed by atoms with Gasteiger partial charge in [0, 0.05) is 10.6 Å². The van der Waals surface area contributed by atoms with E-state index in [1.807, 2.05) is 0 Å². The second-order valence-electron chi connectivity index (χ2n) is 5.03. The van der Waals surface area contributed by atoms with E-state index in [9.17, 15) is 18.0 Å². The van der Waals surface area contributed by atoms with Crippen molar-refractivity contribution in [2.24, 2.45) is 0 Å². The molecule has 2 aromatic rings. The lowest BCUT2D eigenvalue weighted by molar-refractivity contribution is -0.137. The molecule has 26 heavy (non-hydrogen) atoms. The quantitative estimate of drug-likeness (QED) is 0.766. The Balaban J connectivity index is 1.94. The molecule has 0 radical (unpaired) electrons. The van der Waals surface area contributed by atoms with Gasteiger partial charge in [-0.1, -0.05) is 29.5 Å². The van der Waals surface area contributed by atoms with E-state index in [1.165, 1.54) is 25.3 Å². The molecule has 2 N–H and O–H groups in total. The van der Waals surface area contributed by atoms with Crippen LogP contribution in [-0.4, -0.2) is 19.7 Å². The van der Waals surface area contributed by atoms with Crippen LogP contribution >= 0.6 is 11.6 Å². The zero-order valence-corrected chi connectivity index (χ0v) is 14.3.